The SMILES string of the molecule is C=C(CBr)[C@H]1CC[C@H]2[C@@H]3CC[C@H]4C[C@@](O)(C#CCl)CC[C@@H]4[C@H]3CC[C@]12C. The molecule has 4 fully saturated rings. The molecule has 0 spiro atoms. The number of aliphatic hydroxyl groups is 1. The van der Waals surface area contributed by atoms with Crippen molar-refractivity contribution in [2.24, 2.45) is 40.9 Å². The van der Waals surface area contributed by atoms with Crippen LogP contribution in [0.2, 0.25) is 0 Å². The number of hydrogen-bond donors (Lipinski definition) is 1. The highest BCUT2D eigenvalue weighted by Gasteiger charge is 2.57. The van der Waals surface area contributed by atoms with Crippen molar-refractivity contribution in [1.82, 2.24) is 0 Å². The lowest BCUT2D eigenvalue weighted by molar-refractivity contribution is -0.0872. The van der Waals surface area contributed by atoms with Crippen molar-refractivity contribution < 1.29 is 5.11 Å². The van der Waals surface area contributed by atoms with Crippen LogP contribution in [0.5, 0.6) is 0 Å². The number of alkyl halides is 1. The summed E-state index contributed by atoms with van der Waals surface area (Å²) in [5.74, 6) is 7.69. The third-order valence-corrected chi connectivity index (χ3v) is 9.77. The minimum absolute atomic E-state index is 0.471. The number of hydrogen-bond acceptors (Lipinski definition) is 1. The fraction of sp³-hybridized carbons (Fsp3) is 0.826. The van der Waals surface area contributed by atoms with Gasteiger partial charge in [0.05, 0.1) is 0 Å². The Hall–Kier alpha value is 0.0300. The van der Waals surface area contributed by atoms with Gasteiger partial charge in [-0.15, -0.1) is 0 Å². The van der Waals surface area contributed by atoms with Crippen molar-refractivity contribution in [2.45, 2.75) is 70.3 Å². The minimum atomic E-state index is -0.828. The van der Waals surface area contributed by atoms with Gasteiger partial charge < -0.3 is 5.11 Å². The molecule has 4 aliphatic rings. The molecule has 1 nitrogen and oxygen atoms in total. The molecule has 8 atom stereocenters. The summed E-state index contributed by atoms with van der Waals surface area (Å²) in [6, 6.07) is 0. The monoisotopic (exact) mass is 438 g/mol. The summed E-state index contributed by atoms with van der Waals surface area (Å²) in [5.41, 5.74) is 1.06. The summed E-state index contributed by atoms with van der Waals surface area (Å²) >= 11 is 9.27. The number of rotatable bonds is 2. The molecule has 0 saturated heterocycles. The molecular weight excluding hydrogens is 408 g/mol. The van der Waals surface area contributed by atoms with Gasteiger partial charge in [-0.1, -0.05) is 40.9 Å². The minimum Gasteiger partial charge on any atom is -0.378 e. The molecule has 0 aromatic carbocycles. The molecule has 0 heterocycles. The highest BCUT2D eigenvalue weighted by atomic mass is 79.9. The Morgan fingerprint density at radius 1 is 1.12 bits per heavy atom. The van der Waals surface area contributed by atoms with Gasteiger partial charge in [-0.25, -0.2) is 0 Å². The van der Waals surface area contributed by atoms with Crippen LogP contribution in [0.25, 0.3) is 0 Å². The average Bonchev–Trinajstić information content (AvgIpc) is 2.98. The van der Waals surface area contributed by atoms with Gasteiger partial charge in [0.15, 0.2) is 0 Å². The van der Waals surface area contributed by atoms with Gasteiger partial charge in [0, 0.05) is 10.7 Å². The third-order valence-electron chi connectivity index (χ3n) is 8.95. The van der Waals surface area contributed by atoms with Crippen molar-refractivity contribution in [3.05, 3.63) is 12.2 Å². The Kier molecular flexibility index (Phi) is 5.31. The van der Waals surface area contributed by atoms with Crippen molar-refractivity contribution in [3.63, 3.8) is 0 Å². The second kappa shape index (κ2) is 7.13. The zero-order valence-electron chi connectivity index (χ0n) is 15.9. The Balaban J connectivity index is 1.52. The van der Waals surface area contributed by atoms with Crippen LogP contribution >= 0.6 is 27.5 Å². The first-order valence-electron chi connectivity index (χ1n) is 10.5. The van der Waals surface area contributed by atoms with Crippen LogP contribution in [0.1, 0.15) is 64.7 Å². The number of allylic oxidation sites excluding steroid dienone is 1. The second-order valence-electron chi connectivity index (χ2n) is 9.90. The largest absolute Gasteiger partial charge is 0.378 e. The summed E-state index contributed by atoms with van der Waals surface area (Å²) < 4.78 is 0. The normalized spacial score (nSPS) is 50.0. The molecule has 1 N–H and O–H groups in total. The van der Waals surface area contributed by atoms with Gasteiger partial charge in [-0.2, -0.15) is 0 Å². The zero-order chi connectivity index (χ0) is 18.5. The van der Waals surface area contributed by atoms with Crippen LogP contribution in [0.4, 0.5) is 0 Å². The highest BCUT2D eigenvalue weighted by molar-refractivity contribution is 9.09. The van der Waals surface area contributed by atoms with Crippen LogP contribution in [0.15, 0.2) is 12.2 Å². The van der Waals surface area contributed by atoms with Gasteiger partial charge in [0.2, 0.25) is 0 Å². The Morgan fingerprint density at radius 3 is 2.62 bits per heavy atom. The molecule has 4 aliphatic carbocycles. The van der Waals surface area contributed by atoms with E-state index in [9.17, 15) is 5.11 Å². The van der Waals surface area contributed by atoms with E-state index in [4.69, 9.17) is 11.6 Å². The maximum Gasteiger partial charge on any atom is 0.127 e. The first-order valence-corrected chi connectivity index (χ1v) is 12.0. The second-order valence-corrected chi connectivity index (χ2v) is 10.6. The highest BCUT2D eigenvalue weighted by Crippen LogP contribution is 2.65. The van der Waals surface area contributed by atoms with E-state index >= 15 is 0 Å². The molecule has 4 saturated carbocycles. The van der Waals surface area contributed by atoms with Crippen LogP contribution < -0.4 is 0 Å². The van der Waals surface area contributed by atoms with Gasteiger partial charge in [0.25, 0.3) is 0 Å². The predicted molar refractivity (Wildman–Crippen MR) is 112 cm³/mol. The molecule has 0 radical (unpaired) electrons. The molecule has 0 amide bonds. The topological polar surface area (TPSA) is 20.2 Å². The van der Waals surface area contributed by atoms with Crippen LogP contribution in [-0.4, -0.2) is 16.0 Å². The fourth-order valence-electron chi connectivity index (χ4n) is 7.84. The fourth-order valence-corrected chi connectivity index (χ4v) is 8.41. The Labute approximate surface area is 172 Å². The average molecular weight is 440 g/mol. The molecule has 4 rings (SSSR count). The van der Waals surface area contributed by atoms with Crippen molar-refractivity contribution in [1.29, 1.82) is 0 Å². The van der Waals surface area contributed by atoms with Gasteiger partial charge in [-0.3, -0.25) is 0 Å². The Morgan fingerprint density at radius 2 is 1.88 bits per heavy atom. The number of halogens is 2. The van der Waals surface area contributed by atoms with Crippen LogP contribution in [0, 0.1) is 52.2 Å². The maximum atomic E-state index is 10.7. The first kappa shape index (κ1) is 19.4. The van der Waals surface area contributed by atoms with E-state index in [1.165, 1.54) is 44.1 Å². The van der Waals surface area contributed by atoms with Gasteiger partial charge in [-0.05, 0) is 110 Å². The molecule has 0 aromatic rings. The van der Waals surface area contributed by atoms with Crippen LogP contribution in [0.3, 0.4) is 0 Å². The van der Waals surface area contributed by atoms with E-state index in [0.717, 1.165) is 48.3 Å². The summed E-state index contributed by atoms with van der Waals surface area (Å²) in [7, 11) is 0. The summed E-state index contributed by atoms with van der Waals surface area (Å²) in [4.78, 5) is 0. The molecule has 3 heteroatoms. The standard InChI is InChI=1S/C23H32BrClO/c1-15(14-24)20-5-6-21-19-4-3-16-13-23(26,11-12-25)10-8-17(16)18(19)7-9-22(20,21)2/h16-21,26H,1,3-10,13-14H2,2H3/t16-,17-,18+,19+,20+,21-,22+,23-/m0/s1. The molecule has 144 valence electrons. The summed E-state index contributed by atoms with van der Waals surface area (Å²) in [6.45, 7) is 6.97. The first-order chi connectivity index (χ1) is 12.4. The maximum absolute atomic E-state index is 10.7. The molecule has 0 unspecified atom stereocenters. The van der Waals surface area contributed by atoms with Gasteiger partial charge in [0.1, 0.15) is 5.60 Å². The van der Waals surface area contributed by atoms with E-state index in [2.05, 4.69) is 40.7 Å². The predicted octanol–water partition coefficient (Wildman–Crippen LogP) is 6.14. The van der Waals surface area contributed by atoms with E-state index in [1.54, 1.807) is 0 Å². The van der Waals surface area contributed by atoms with Crippen molar-refractivity contribution in [2.75, 3.05) is 5.33 Å². The van der Waals surface area contributed by atoms with E-state index < -0.39 is 5.60 Å². The quantitative estimate of drug-likeness (QED) is 0.311. The van der Waals surface area contributed by atoms with Crippen molar-refractivity contribution in [3.8, 4) is 11.3 Å². The van der Waals surface area contributed by atoms with Gasteiger partial charge >= 0.3 is 0 Å². The summed E-state index contributed by atoms with van der Waals surface area (Å²) in [5, 5.41) is 14.2. The van der Waals surface area contributed by atoms with E-state index in [0.29, 0.717) is 17.3 Å². The zero-order valence-corrected chi connectivity index (χ0v) is 18.3. The molecule has 0 bridgehead atoms. The lowest BCUT2D eigenvalue weighted by Gasteiger charge is -2.57. The molecule has 0 aliphatic heterocycles. The smallest absolute Gasteiger partial charge is 0.127 e. The lowest BCUT2D eigenvalue weighted by Crippen LogP contribution is -2.50. The molecule has 26 heavy (non-hydrogen) atoms. The van der Waals surface area contributed by atoms with Crippen LogP contribution in [-0.2, 0) is 0 Å². The van der Waals surface area contributed by atoms with E-state index in [1.807, 2.05) is 0 Å². The lowest BCUT2D eigenvalue weighted by atomic mass is 9.49. The number of fused-ring (bicyclic) bond motifs is 5. The summed E-state index contributed by atoms with van der Waals surface area (Å²) in [6.07, 6.45) is 10.9. The molecule has 0 aromatic heterocycles. The third kappa shape index (κ3) is 3.01. The Bertz CT molecular complexity index is 636. The molecular formula is C23H32BrClO. The van der Waals surface area contributed by atoms with E-state index in [-0.39, 0.29) is 0 Å². The van der Waals surface area contributed by atoms with Crippen molar-refractivity contribution >= 4 is 27.5 Å².